The molecule has 104 valence electrons. The molecule has 1 atom stereocenters. The normalized spacial score (nSPS) is 26.4. The molecule has 0 N–H and O–H groups in total. The molecule has 2 aliphatic rings. The van der Waals surface area contributed by atoms with E-state index in [4.69, 9.17) is 9.47 Å². The van der Waals surface area contributed by atoms with Gasteiger partial charge in [0.05, 0.1) is 12.2 Å². The average molecular weight is 263 g/mol. The van der Waals surface area contributed by atoms with Gasteiger partial charge in [-0.3, -0.25) is 4.90 Å². The van der Waals surface area contributed by atoms with E-state index in [1.165, 1.54) is 0 Å². The SMILES string of the molecule is CC(C)N1CC2(C[C@H](Oc3ncccn3)CCO2)C1. The van der Waals surface area contributed by atoms with E-state index in [9.17, 15) is 0 Å². The number of likely N-dealkylation sites (tertiary alicyclic amines) is 1. The van der Waals surface area contributed by atoms with Crippen molar-refractivity contribution in [2.75, 3.05) is 19.7 Å². The molecule has 2 fully saturated rings. The molecule has 1 aromatic heterocycles. The topological polar surface area (TPSA) is 47.5 Å². The summed E-state index contributed by atoms with van der Waals surface area (Å²) in [5, 5.41) is 0. The lowest BCUT2D eigenvalue weighted by molar-refractivity contribution is -0.192. The molecule has 0 aliphatic carbocycles. The molecule has 0 aromatic carbocycles. The lowest BCUT2D eigenvalue weighted by Gasteiger charge is -2.54. The Labute approximate surface area is 113 Å². The molecule has 0 saturated carbocycles. The van der Waals surface area contributed by atoms with Crippen LogP contribution in [0.15, 0.2) is 18.5 Å². The van der Waals surface area contributed by atoms with Gasteiger partial charge in [-0.1, -0.05) is 0 Å². The van der Waals surface area contributed by atoms with Gasteiger partial charge in [-0.05, 0) is 19.9 Å². The number of rotatable bonds is 3. The minimum absolute atomic E-state index is 0.00195. The van der Waals surface area contributed by atoms with Crippen LogP contribution in [0, 0.1) is 0 Å². The van der Waals surface area contributed by atoms with Crippen molar-refractivity contribution in [2.45, 2.75) is 44.4 Å². The van der Waals surface area contributed by atoms with Gasteiger partial charge in [0.2, 0.25) is 0 Å². The van der Waals surface area contributed by atoms with Crippen LogP contribution >= 0.6 is 0 Å². The van der Waals surface area contributed by atoms with Gasteiger partial charge in [0, 0.05) is 44.4 Å². The molecule has 1 aromatic rings. The predicted molar refractivity (Wildman–Crippen MR) is 71.1 cm³/mol. The first-order chi connectivity index (χ1) is 9.17. The fourth-order valence-corrected chi connectivity index (χ4v) is 2.86. The number of aromatic nitrogens is 2. The van der Waals surface area contributed by atoms with Crippen molar-refractivity contribution in [2.24, 2.45) is 0 Å². The largest absolute Gasteiger partial charge is 0.460 e. The zero-order chi connectivity index (χ0) is 13.3. The van der Waals surface area contributed by atoms with Crippen LogP contribution < -0.4 is 4.74 Å². The first-order valence-electron chi connectivity index (χ1n) is 6.99. The molecule has 3 heterocycles. The van der Waals surface area contributed by atoms with E-state index >= 15 is 0 Å². The molecule has 1 spiro atoms. The van der Waals surface area contributed by atoms with E-state index < -0.39 is 0 Å². The first-order valence-corrected chi connectivity index (χ1v) is 6.99. The lowest BCUT2D eigenvalue weighted by Crippen LogP contribution is -2.67. The summed E-state index contributed by atoms with van der Waals surface area (Å²) in [6.07, 6.45) is 5.45. The fourth-order valence-electron chi connectivity index (χ4n) is 2.86. The summed E-state index contributed by atoms with van der Waals surface area (Å²) in [5.41, 5.74) is 0.00195. The monoisotopic (exact) mass is 263 g/mol. The van der Waals surface area contributed by atoms with E-state index in [1.807, 2.05) is 0 Å². The van der Waals surface area contributed by atoms with Gasteiger partial charge in [-0.15, -0.1) is 0 Å². The maximum absolute atomic E-state index is 5.99. The van der Waals surface area contributed by atoms with Crippen LogP contribution in [0.2, 0.25) is 0 Å². The zero-order valence-electron chi connectivity index (χ0n) is 11.6. The maximum atomic E-state index is 5.99. The van der Waals surface area contributed by atoms with Crippen molar-refractivity contribution < 1.29 is 9.47 Å². The second-order valence-electron chi connectivity index (χ2n) is 5.79. The fraction of sp³-hybridized carbons (Fsp3) is 0.714. The smallest absolute Gasteiger partial charge is 0.316 e. The van der Waals surface area contributed by atoms with Gasteiger partial charge in [0.15, 0.2) is 0 Å². The third-order valence-corrected chi connectivity index (χ3v) is 3.97. The summed E-state index contributed by atoms with van der Waals surface area (Å²) in [6, 6.07) is 2.86. The molecule has 0 bridgehead atoms. The summed E-state index contributed by atoms with van der Waals surface area (Å²) >= 11 is 0. The molecule has 0 amide bonds. The van der Waals surface area contributed by atoms with Crippen molar-refractivity contribution in [1.82, 2.24) is 14.9 Å². The summed E-state index contributed by atoms with van der Waals surface area (Å²) in [7, 11) is 0. The standard InChI is InChI=1S/C14H21N3O2/c1-11(2)17-9-14(10-17)8-12(4-7-18-14)19-13-15-5-3-6-16-13/h3,5-6,11-12H,4,7-10H2,1-2H3/t12-/m1/s1. The quantitative estimate of drug-likeness (QED) is 0.827. The van der Waals surface area contributed by atoms with Crippen molar-refractivity contribution >= 4 is 0 Å². The molecule has 0 radical (unpaired) electrons. The van der Waals surface area contributed by atoms with E-state index in [0.717, 1.165) is 32.5 Å². The summed E-state index contributed by atoms with van der Waals surface area (Å²) < 4.78 is 11.8. The van der Waals surface area contributed by atoms with Gasteiger partial charge in [-0.25, -0.2) is 9.97 Å². The van der Waals surface area contributed by atoms with Crippen molar-refractivity contribution in [1.29, 1.82) is 0 Å². The minimum Gasteiger partial charge on any atom is -0.460 e. The Balaban J connectivity index is 1.57. The molecular weight excluding hydrogens is 242 g/mol. The highest BCUT2D eigenvalue weighted by Gasteiger charge is 2.48. The molecule has 5 heteroatoms. The first kappa shape index (κ1) is 12.8. The second-order valence-corrected chi connectivity index (χ2v) is 5.79. The van der Waals surface area contributed by atoms with E-state index in [0.29, 0.717) is 12.1 Å². The third kappa shape index (κ3) is 2.72. The van der Waals surface area contributed by atoms with Gasteiger partial charge < -0.3 is 9.47 Å². The molecule has 2 saturated heterocycles. The summed E-state index contributed by atoms with van der Waals surface area (Å²) in [4.78, 5) is 10.7. The molecular formula is C14H21N3O2. The molecule has 3 rings (SSSR count). The zero-order valence-corrected chi connectivity index (χ0v) is 11.6. The third-order valence-electron chi connectivity index (χ3n) is 3.97. The van der Waals surface area contributed by atoms with Crippen LogP contribution in [0.4, 0.5) is 0 Å². The molecule has 2 aliphatic heterocycles. The van der Waals surface area contributed by atoms with Crippen LogP contribution in [0.25, 0.3) is 0 Å². The number of nitrogens with zero attached hydrogens (tertiary/aromatic N) is 3. The second kappa shape index (κ2) is 5.06. The number of hydrogen-bond acceptors (Lipinski definition) is 5. The Morgan fingerprint density at radius 3 is 2.79 bits per heavy atom. The Morgan fingerprint density at radius 1 is 1.37 bits per heavy atom. The van der Waals surface area contributed by atoms with E-state index in [-0.39, 0.29) is 11.7 Å². The molecule has 0 unspecified atom stereocenters. The van der Waals surface area contributed by atoms with Crippen molar-refractivity contribution in [3.8, 4) is 6.01 Å². The Kier molecular flexibility index (Phi) is 3.41. The highest BCUT2D eigenvalue weighted by molar-refractivity contribution is 5.03. The van der Waals surface area contributed by atoms with Crippen LogP contribution in [0.3, 0.4) is 0 Å². The molecule has 5 nitrogen and oxygen atoms in total. The van der Waals surface area contributed by atoms with Crippen LogP contribution in [-0.2, 0) is 4.74 Å². The number of hydrogen-bond donors (Lipinski definition) is 0. The highest BCUT2D eigenvalue weighted by atomic mass is 16.5. The highest BCUT2D eigenvalue weighted by Crippen LogP contribution is 2.36. The summed E-state index contributed by atoms with van der Waals surface area (Å²) in [5.74, 6) is 0. The van der Waals surface area contributed by atoms with E-state index in [1.54, 1.807) is 18.5 Å². The average Bonchev–Trinajstić information content (AvgIpc) is 2.37. The van der Waals surface area contributed by atoms with E-state index in [2.05, 4.69) is 28.7 Å². The van der Waals surface area contributed by atoms with Crippen LogP contribution in [0.1, 0.15) is 26.7 Å². The maximum Gasteiger partial charge on any atom is 0.316 e. The van der Waals surface area contributed by atoms with Gasteiger partial charge in [0.25, 0.3) is 0 Å². The van der Waals surface area contributed by atoms with Crippen molar-refractivity contribution in [3.63, 3.8) is 0 Å². The Morgan fingerprint density at radius 2 is 2.11 bits per heavy atom. The lowest BCUT2D eigenvalue weighted by atomic mass is 9.84. The van der Waals surface area contributed by atoms with Gasteiger partial charge >= 0.3 is 6.01 Å². The number of ether oxygens (including phenoxy) is 2. The van der Waals surface area contributed by atoms with Gasteiger partial charge in [-0.2, -0.15) is 0 Å². The van der Waals surface area contributed by atoms with Crippen LogP contribution in [0.5, 0.6) is 6.01 Å². The Bertz CT molecular complexity index is 418. The van der Waals surface area contributed by atoms with Crippen molar-refractivity contribution in [3.05, 3.63) is 18.5 Å². The predicted octanol–water partition coefficient (Wildman–Crippen LogP) is 1.50. The Hall–Kier alpha value is -1.20. The minimum atomic E-state index is 0.00195. The molecule has 19 heavy (non-hydrogen) atoms. The summed E-state index contributed by atoms with van der Waals surface area (Å²) in [6.45, 7) is 7.24. The van der Waals surface area contributed by atoms with Crippen LogP contribution in [-0.4, -0.2) is 52.3 Å². The van der Waals surface area contributed by atoms with Gasteiger partial charge in [0.1, 0.15) is 6.10 Å².